The molecule has 3 unspecified atom stereocenters. The zero-order valence-corrected chi connectivity index (χ0v) is 11.5. The lowest BCUT2D eigenvalue weighted by molar-refractivity contribution is -0.145. The Hall–Kier alpha value is -0.570. The highest BCUT2D eigenvalue weighted by Crippen LogP contribution is 2.29. The Balaban J connectivity index is 2.30. The van der Waals surface area contributed by atoms with Gasteiger partial charge in [-0.25, -0.2) is 0 Å². The van der Waals surface area contributed by atoms with Crippen LogP contribution in [-0.2, 0) is 9.53 Å². The lowest BCUT2D eigenvalue weighted by atomic mass is 10.1. The Bertz CT molecular complexity index is 230. The number of esters is 1. The summed E-state index contributed by atoms with van der Waals surface area (Å²) in [7, 11) is 0. The van der Waals surface area contributed by atoms with Crippen molar-refractivity contribution in [1.82, 2.24) is 5.32 Å². The minimum atomic E-state index is -0.101. The second-order valence-corrected chi connectivity index (χ2v) is 5.29. The maximum atomic E-state index is 11.7. The molecule has 0 spiro atoms. The van der Waals surface area contributed by atoms with Crippen molar-refractivity contribution in [3.8, 4) is 0 Å². The quantitative estimate of drug-likeness (QED) is 0.697. The van der Waals surface area contributed by atoms with Crippen LogP contribution in [0.5, 0.6) is 0 Å². The monoisotopic (exact) mass is 241 g/mol. The molecule has 3 heteroatoms. The molecule has 0 radical (unpaired) electrons. The first-order chi connectivity index (χ1) is 8.17. The number of hydrogen-bond acceptors (Lipinski definition) is 3. The Morgan fingerprint density at radius 1 is 1.41 bits per heavy atom. The molecule has 0 amide bonds. The molecular formula is C14H27NO2. The number of carbonyl (C=O) groups is 1. The summed E-state index contributed by atoms with van der Waals surface area (Å²) in [5.74, 6) is 1.52. The normalized spacial score (nSPS) is 25.8. The molecular weight excluding hydrogens is 214 g/mol. The fraction of sp³-hybridized carbons (Fsp3) is 0.929. The molecule has 17 heavy (non-hydrogen) atoms. The van der Waals surface area contributed by atoms with E-state index in [-0.39, 0.29) is 12.0 Å². The fourth-order valence-corrected chi connectivity index (χ4v) is 2.65. The molecule has 0 aromatic carbocycles. The van der Waals surface area contributed by atoms with Crippen molar-refractivity contribution in [3.63, 3.8) is 0 Å². The van der Waals surface area contributed by atoms with Gasteiger partial charge in [0.25, 0.3) is 0 Å². The molecule has 0 aromatic heterocycles. The molecule has 0 aromatic rings. The average molecular weight is 241 g/mol. The third kappa shape index (κ3) is 5.07. The van der Waals surface area contributed by atoms with Gasteiger partial charge in [-0.2, -0.15) is 0 Å². The summed E-state index contributed by atoms with van der Waals surface area (Å²) in [5.41, 5.74) is 0. The molecule has 0 heterocycles. The van der Waals surface area contributed by atoms with Crippen LogP contribution in [0.15, 0.2) is 0 Å². The van der Waals surface area contributed by atoms with Crippen molar-refractivity contribution in [2.75, 3.05) is 13.2 Å². The van der Waals surface area contributed by atoms with E-state index in [0.717, 1.165) is 31.2 Å². The van der Waals surface area contributed by atoms with Crippen LogP contribution in [0.1, 0.15) is 52.9 Å². The number of ether oxygens (including phenoxy) is 1. The maximum Gasteiger partial charge on any atom is 0.323 e. The minimum Gasteiger partial charge on any atom is -0.465 e. The van der Waals surface area contributed by atoms with Gasteiger partial charge in [0.15, 0.2) is 0 Å². The number of hydrogen-bond donors (Lipinski definition) is 1. The van der Waals surface area contributed by atoms with Gasteiger partial charge < -0.3 is 10.1 Å². The Morgan fingerprint density at radius 2 is 2.18 bits per heavy atom. The summed E-state index contributed by atoms with van der Waals surface area (Å²) in [6.07, 6.45) is 5.83. The first-order valence-electron chi connectivity index (χ1n) is 7.07. The van der Waals surface area contributed by atoms with E-state index in [1.165, 1.54) is 19.3 Å². The van der Waals surface area contributed by atoms with Crippen LogP contribution in [0, 0.1) is 11.8 Å². The molecule has 100 valence electrons. The van der Waals surface area contributed by atoms with Crippen LogP contribution in [-0.4, -0.2) is 25.2 Å². The van der Waals surface area contributed by atoms with Crippen LogP contribution in [0.4, 0.5) is 0 Å². The van der Waals surface area contributed by atoms with E-state index in [0.29, 0.717) is 6.61 Å². The molecule has 0 aliphatic heterocycles. The van der Waals surface area contributed by atoms with E-state index >= 15 is 0 Å². The van der Waals surface area contributed by atoms with Gasteiger partial charge in [-0.05, 0) is 44.6 Å². The second-order valence-electron chi connectivity index (χ2n) is 5.29. The van der Waals surface area contributed by atoms with Gasteiger partial charge in [0.2, 0.25) is 0 Å². The standard InChI is InChI=1S/C14H27NO2/c1-4-6-13(14(16)17-5-2)15-10-12-8-7-11(3)9-12/h11-13,15H,4-10H2,1-3H3. The van der Waals surface area contributed by atoms with Crippen LogP contribution >= 0.6 is 0 Å². The zero-order chi connectivity index (χ0) is 12.7. The fourth-order valence-electron chi connectivity index (χ4n) is 2.65. The van der Waals surface area contributed by atoms with Crippen molar-refractivity contribution in [3.05, 3.63) is 0 Å². The highest BCUT2D eigenvalue weighted by Gasteiger charge is 2.24. The third-order valence-electron chi connectivity index (χ3n) is 3.60. The highest BCUT2D eigenvalue weighted by atomic mass is 16.5. The third-order valence-corrected chi connectivity index (χ3v) is 3.60. The molecule has 1 rings (SSSR count). The van der Waals surface area contributed by atoms with Gasteiger partial charge in [-0.15, -0.1) is 0 Å². The summed E-state index contributed by atoms with van der Waals surface area (Å²) >= 11 is 0. The van der Waals surface area contributed by atoms with Crippen molar-refractivity contribution in [1.29, 1.82) is 0 Å². The molecule has 3 nitrogen and oxygen atoms in total. The summed E-state index contributed by atoms with van der Waals surface area (Å²) in [5, 5.41) is 3.39. The SMILES string of the molecule is CCCC(NCC1CCC(C)C1)C(=O)OCC. The van der Waals surface area contributed by atoms with Crippen molar-refractivity contribution in [2.45, 2.75) is 58.9 Å². The van der Waals surface area contributed by atoms with E-state index in [1.54, 1.807) is 0 Å². The van der Waals surface area contributed by atoms with Gasteiger partial charge in [-0.1, -0.05) is 26.7 Å². The number of carbonyl (C=O) groups excluding carboxylic acids is 1. The van der Waals surface area contributed by atoms with Crippen molar-refractivity contribution in [2.24, 2.45) is 11.8 Å². The summed E-state index contributed by atoms with van der Waals surface area (Å²) < 4.78 is 5.09. The smallest absolute Gasteiger partial charge is 0.323 e. The lowest BCUT2D eigenvalue weighted by Gasteiger charge is -2.19. The number of rotatable bonds is 7. The lowest BCUT2D eigenvalue weighted by Crippen LogP contribution is -2.40. The first kappa shape index (κ1) is 14.5. The van der Waals surface area contributed by atoms with E-state index in [9.17, 15) is 4.79 Å². The Morgan fingerprint density at radius 3 is 2.71 bits per heavy atom. The Labute approximate surface area is 105 Å². The van der Waals surface area contributed by atoms with Crippen molar-refractivity contribution >= 4 is 5.97 Å². The van der Waals surface area contributed by atoms with E-state index in [1.807, 2.05) is 6.92 Å². The Kier molecular flexibility index (Phi) is 6.56. The van der Waals surface area contributed by atoms with Crippen LogP contribution in [0.25, 0.3) is 0 Å². The molecule has 1 aliphatic carbocycles. The summed E-state index contributed by atoms with van der Waals surface area (Å²) in [6, 6.07) is -0.101. The average Bonchev–Trinajstić information content (AvgIpc) is 2.70. The van der Waals surface area contributed by atoms with E-state index in [2.05, 4.69) is 19.2 Å². The zero-order valence-electron chi connectivity index (χ0n) is 11.5. The van der Waals surface area contributed by atoms with Crippen LogP contribution < -0.4 is 5.32 Å². The van der Waals surface area contributed by atoms with Gasteiger partial charge in [0.05, 0.1) is 6.61 Å². The van der Waals surface area contributed by atoms with Gasteiger partial charge in [0.1, 0.15) is 6.04 Å². The molecule has 1 saturated carbocycles. The minimum absolute atomic E-state index is 0.0830. The largest absolute Gasteiger partial charge is 0.465 e. The maximum absolute atomic E-state index is 11.7. The molecule has 0 bridgehead atoms. The highest BCUT2D eigenvalue weighted by molar-refractivity contribution is 5.75. The molecule has 1 aliphatic rings. The number of nitrogens with one attached hydrogen (secondary N) is 1. The van der Waals surface area contributed by atoms with Crippen LogP contribution in [0.2, 0.25) is 0 Å². The molecule has 1 N–H and O–H groups in total. The second kappa shape index (κ2) is 7.70. The summed E-state index contributed by atoms with van der Waals surface area (Å²) in [6.45, 7) is 7.72. The molecule has 0 saturated heterocycles. The molecule has 3 atom stereocenters. The van der Waals surface area contributed by atoms with Gasteiger partial charge in [0, 0.05) is 0 Å². The molecule has 1 fully saturated rings. The topological polar surface area (TPSA) is 38.3 Å². The van der Waals surface area contributed by atoms with Gasteiger partial charge >= 0.3 is 5.97 Å². The summed E-state index contributed by atoms with van der Waals surface area (Å²) in [4.78, 5) is 11.7. The predicted octanol–water partition coefficient (Wildman–Crippen LogP) is 2.74. The van der Waals surface area contributed by atoms with E-state index < -0.39 is 0 Å². The van der Waals surface area contributed by atoms with Crippen LogP contribution in [0.3, 0.4) is 0 Å². The van der Waals surface area contributed by atoms with E-state index in [4.69, 9.17) is 4.74 Å². The first-order valence-corrected chi connectivity index (χ1v) is 7.07. The van der Waals surface area contributed by atoms with Crippen molar-refractivity contribution < 1.29 is 9.53 Å². The van der Waals surface area contributed by atoms with Gasteiger partial charge in [-0.3, -0.25) is 4.79 Å². The predicted molar refractivity (Wildman–Crippen MR) is 69.8 cm³/mol.